The number of rotatable bonds is 1. The predicted octanol–water partition coefficient (Wildman–Crippen LogP) is 3.53. The van der Waals surface area contributed by atoms with Crippen molar-refractivity contribution in [2.75, 3.05) is 0 Å². The topological polar surface area (TPSA) is 9.23 Å². The molecule has 1 heteroatoms. The minimum absolute atomic E-state index is 0.199. The van der Waals surface area contributed by atoms with E-state index in [4.69, 9.17) is 4.74 Å². The van der Waals surface area contributed by atoms with Crippen LogP contribution in [-0.4, -0.2) is 6.10 Å². The van der Waals surface area contributed by atoms with Gasteiger partial charge in [-0.05, 0) is 31.1 Å². The van der Waals surface area contributed by atoms with E-state index < -0.39 is 0 Å². The Labute approximate surface area is 91.1 Å². The first-order valence-electron chi connectivity index (χ1n) is 5.35. The first-order chi connectivity index (χ1) is 7.35. The summed E-state index contributed by atoms with van der Waals surface area (Å²) in [6.07, 6.45) is 15.6. The smallest absolute Gasteiger partial charge is 0.124 e. The average Bonchev–Trinajstić information content (AvgIpc) is 2.28. The lowest BCUT2D eigenvalue weighted by Crippen LogP contribution is -2.27. The Morgan fingerprint density at radius 2 is 2.20 bits per heavy atom. The summed E-state index contributed by atoms with van der Waals surface area (Å²) < 4.78 is 5.92. The van der Waals surface area contributed by atoms with Gasteiger partial charge in [0.25, 0.3) is 0 Å². The Morgan fingerprint density at radius 3 is 2.93 bits per heavy atom. The van der Waals surface area contributed by atoms with E-state index in [2.05, 4.69) is 37.8 Å². The van der Waals surface area contributed by atoms with Gasteiger partial charge in [-0.2, -0.15) is 0 Å². The van der Waals surface area contributed by atoms with E-state index in [0.717, 1.165) is 12.2 Å². The molecule has 1 aliphatic carbocycles. The quantitative estimate of drug-likeness (QED) is 0.629. The summed E-state index contributed by atoms with van der Waals surface area (Å²) in [7, 11) is 0. The number of hydrogen-bond donors (Lipinski definition) is 0. The molecule has 0 spiro atoms. The summed E-state index contributed by atoms with van der Waals surface area (Å²) in [4.78, 5) is 0. The van der Waals surface area contributed by atoms with Crippen LogP contribution in [0.15, 0.2) is 60.4 Å². The normalized spacial score (nSPS) is 33.9. The highest BCUT2D eigenvalue weighted by Gasteiger charge is 2.28. The van der Waals surface area contributed by atoms with Gasteiger partial charge in [0.1, 0.15) is 11.9 Å². The highest BCUT2D eigenvalue weighted by molar-refractivity contribution is 5.34. The molecule has 0 aromatic carbocycles. The van der Waals surface area contributed by atoms with Gasteiger partial charge in [-0.15, -0.1) is 0 Å². The van der Waals surface area contributed by atoms with Crippen LogP contribution in [0.4, 0.5) is 0 Å². The van der Waals surface area contributed by atoms with Crippen LogP contribution in [0.2, 0.25) is 0 Å². The van der Waals surface area contributed by atoms with Gasteiger partial charge in [0.05, 0.1) is 0 Å². The third-order valence-corrected chi connectivity index (χ3v) is 2.85. The maximum atomic E-state index is 5.92. The molecule has 1 nitrogen and oxygen atoms in total. The lowest BCUT2D eigenvalue weighted by molar-refractivity contribution is 0.100. The van der Waals surface area contributed by atoms with Crippen molar-refractivity contribution in [2.45, 2.75) is 19.4 Å². The molecule has 78 valence electrons. The molecule has 0 aromatic heterocycles. The highest BCUT2D eigenvalue weighted by atomic mass is 16.5. The standard InChI is InChI=1S/C14H16O/c1-3-7-13-11(4-2)10-12-8-5-6-9-14(12)15-13/h3-9,12,14H,1,10H2,2H3/b11-4-,13-7+. The molecular formula is C14H16O. The Bertz CT molecular complexity index is 369. The molecule has 1 heterocycles. The largest absolute Gasteiger partial charge is 0.485 e. The van der Waals surface area contributed by atoms with Crippen LogP contribution in [0.3, 0.4) is 0 Å². The third-order valence-electron chi connectivity index (χ3n) is 2.85. The van der Waals surface area contributed by atoms with Crippen LogP contribution in [0.5, 0.6) is 0 Å². The average molecular weight is 200 g/mol. The molecule has 1 aliphatic heterocycles. The predicted molar refractivity (Wildman–Crippen MR) is 63.3 cm³/mol. The van der Waals surface area contributed by atoms with E-state index in [1.165, 1.54) is 5.57 Å². The second-order valence-corrected chi connectivity index (χ2v) is 3.80. The fraction of sp³-hybridized carbons (Fsp3) is 0.286. The first-order valence-corrected chi connectivity index (χ1v) is 5.35. The van der Waals surface area contributed by atoms with Crippen molar-refractivity contribution in [2.24, 2.45) is 5.92 Å². The second-order valence-electron chi connectivity index (χ2n) is 3.80. The Balaban J connectivity index is 2.25. The molecule has 2 atom stereocenters. The molecule has 2 unspecified atom stereocenters. The van der Waals surface area contributed by atoms with Crippen molar-refractivity contribution in [3.05, 3.63) is 60.4 Å². The van der Waals surface area contributed by atoms with Crippen LogP contribution in [0, 0.1) is 5.92 Å². The Morgan fingerprint density at radius 1 is 1.40 bits per heavy atom. The van der Waals surface area contributed by atoms with E-state index in [1.807, 2.05) is 12.2 Å². The summed E-state index contributed by atoms with van der Waals surface area (Å²) in [5.41, 5.74) is 1.27. The molecule has 2 rings (SSSR count). The maximum absolute atomic E-state index is 5.92. The van der Waals surface area contributed by atoms with Crippen LogP contribution in [-0.2, 0) is 4.74 Å². The first kappa shape index (κ1) is 10.0. The Kier molecular flexibility index (Phi) is 2.91. The van der Waals surface area contributed by atoms with E-state index in [-0.39, 0.29) is 6.10 Å². The second kappa shape index (κ2) is 4.35. The van der Waals surface area contributed by atoms with Crippen molar-refractivity contribution in [3.8, 4) is 0 Å². The highest BCUT2D eigenvalue weighted by Crippen LogP contribution is 2.34. The SMILES string of the molecule is C=C/C=C1/OC2C=CC=CC2C/C1=C/C. The minimum Gasteiger partial charge on any atom is -0.485 e. The third kappa shape index (κ3) is 1.96. The van der Waals surface area contributed by atoms with Crippen molar-refractivity contribution in [1.82, 2.24) is 0 Å². The number of ether oxygens (including phenoxy) is 1. The van der Waals surface area contributed by atoms with E-state index in [0.29, 0.717) is 5.92 Å². The monoisotopic (exact) mass is 200 g/mol. The summed E-state index contributed by atoms with van der Waals surface area (Å²) in [6.45, 7) is 5.77. The molecule has 0 saturated carbocycles. The van der Waals surface area contributed by atoms with Gasteiger partial charge in [0.2, 0.25) is 0 Å². The van der Waals surface area contributed by atoms with Crippen molar-refractivity contribution < 1.29 is 4.74 Å². The molecule has 0 amide bonds. The van der Waals surface area contributed by atoms with E-state index >= 15 is 0 Å². The van der Waals surface area contributed by atoms with Gasteiger partial charge in [-0.1, -0.05) is 37.0 Å². The molecule has 15 heavy (non-hydrogen) atoms. The van der Waals surface area contributed by atoms with Gasteiger partial charge in [-0.25, -0.2) is 0 Å². The van der Waals surface area contributed by atoms with Crippen LogP contribution in [0.25, 0.3) is 0 Å². The zero-order valence-electron chi connectivity index (χ0n) is 9.02. The summed E-state index contributed by atoms with van der Waals surface area (Å²) in [5, 5.41) is 0. The van der Waals surface area contributed by atoms with Gasteiger partial charge < -0.3 is 4.74 Å². The molecule has 0 N–H and O–H groups in total. The Hall–Kier alpha value is -1.50. The number of hydrogen-bond acceptors (Lipinski definition) is 1. The van der Waals surface area contributed by atoms with Gasteiger partial charge >= 0.3 is 0 Å². The number of allylic oxidation sites excluding steroid dienone is 6. The summed E-state index contributed by atoms with van der Waals surface area (Å²) >= 11 is 0. The molecule has 2 aliphatic rings. The zero-order valence-corrected chi connectivity index (χ0v) is 9.02. The minimum atomic E-state index is 0.199. The van der Waals surface area contributed by atoms with Crippen molar-refractivity contribution in [3.63, 3.8) is 0 Å². The van der Waals surface area contributed by atoms with E-state index in [1.54, 1.807) is 6.08 Å². The van der Waals surface area contributed by atoms with Crippen molar-refractivity contribution in [1.29, 1.82) is 0 Å². The molecular weight excluding hydrogens is 184 g/mol. The number of fused-ring (bicyclic) bond motifs is 1. The van der Waals surface area contributed by atoms with Crippen LogP contribution < -0.4 is 0 Å². The van der Waals surface area contributed by atoms with Gasteiger partial charge in [0.15, 0.2) is 0 Å². The van der Waals surface area contributed by atoms with Crippen LogP contribution in [0.1, 0.15) is 13.3 Å². The van der Waals surface area contributed by atoms with E-state index in [9.17, 15) is 0 Å². The fourth-order valence-electron chi connectivity index (χ4n) is 2.03. The summed E-state index contributed by atoms with van der Waals surface area (Å²) in [5.74, 6) is 1.46. The molecule has 1 fully saturated rings. The zero-order chi connectivity index (χ0) is 10.7. The molecule has 0 bridgehead atoms. The summed E-state index contributed by atoms with van der Waals surface area (Å²) in [6, 6.07) is 0. The van der Waals surface area contributed by atoms with Gasteiger partial charge in [-0.3, -0.25) is 0 Å². The fourth-order valence-corrected chi connectivity index (χ4v) is 2.03. The lowest BCUT2D eigenvalue weighted by Gasteiger charge is -2.33. The molecule has 1 saturated heterocycles. The van der Waals surface area contributed by atoms with Gasteiger partial charge in [0, 0.05) is 5.92 Å². The maximum Gasteiger partial charge on any atom is 0.124 e. The van der Waals surface area contributed by atoms with Crippen LogP contribution >= 0.6 is 0 Å². The van der Waals surface area contributed by atoms with Crippen molar-refractivity contribution >= 4 is 0 Å². The lowest BCUT2D eigenvalue weighted by atomic mass is 9.87. The molecule has 0 aromatic rings. The molecule has 0 radical (unpaired) electrons.